The van der Waals surface area contributed by atoms with Gasteiger partial charge < -0.3 is 5.11 Å². The Hall–Kier alpha value is -0.250. The van der Waals surface area contributed by atoms with Crippen molar-refractivity contribution in [1.82, 2.24) is 0 Å². The highest BCUT2D eigenvalue weighted by molar-refractivity contribution is 14.1. The summed E-state index contributed by atoms with van der Waals surface area (Å²) in [6.07, 6.45) is 1.07. The van der Waals surface area contributed by atoms with E-state index >= 15 is 0 Å². The van der Waals surface area contributed by atoms with Crippen molar-refractivity contribution in [2.24, 2.45) is 0 Å². The molecule has 0 aromatic heterocycles. The molecule has 72 valence electrons. The second-order valence-corrected chi connectivity index (χ2v) is 4.10. The van der Waals surface area contributed by atoms with Gasteiger partial charge in [0.15, 0.2) is 0 Å². The lowest BCUT2D eigenvalue weighted by molar-refractivity contribution is 0.461. The maximum atomic E-state index is 9.63. The Kier molecular flexibility index (Phi) is 4.03. The molecule has 0 aliphatic heterocycles. The molecule has 1 unspecified atom stereocenters. The average Bonchev–Trinajstić information content (AvgIpc) is 2.17. The molecule has 0 amide bonds. The molecule has 1 N–H and O–H groups in total. The van der Waals surface area contributed by atoms with Crippen LogP contribution in [-0.4, -0.2) is 5.11 Å². The van der Waals surface area contributed by atoms with E-state index in [1.54, 1.807) is 6.07 Å². The van der Waals surface area contributed by atoms with E-state index in [1.165, 1.54) is 5.56 Å². The number of alkyl halides is 1. The van der Waals surface area contributed by atoms with Crippen molar-refractivity contribution in [3.63, 3.8) is 0 Å². The van der Waals surface area contributed by atoms with Gasteiger partial charge >= 0.3 is 0 Å². The lowest BCUT2D eigenvalue weighted by Gasteiger charge is -2.12. The average molecular weight is 290 g/mol. The van der Waals surface area contributed by atoms with E-state index in [-0.39, 0.29) is 0 Å². The highest BCUT2D eigenvalue weighted by Gasteiger charge is 2.08. The first-order valence-corrected chi connectivity index (χ1v) is 6.09. The van der Waals surface area contributed by atoms with Crippen molar-refractivity contribution in [2.75, 3.05) is 0 Å². The molecule has 0 radical (unpaired) electrons. The zero-order chi connectivity index (χ0) is 9.84. The van der Waals surface area contributed by atoms with Crippen molar-refractivity contribution in [3.8, 4) is 5.75 Å². The Balaban J connectivity index is 3.03. The number of phenols is 1. The smallest absolute Gasteiger partial charge is 0.119 e. The molecule has 0 bridgehead atoms. The quantitative estimate of drug-likeness (QED) is 0.662. The molecular formula is C11H15IO. The van der Waals surface area contributed by atoms with Gasteiger partial charge in [-0.25, -0.2) is 0 Å². The Bertz CT molecular complexity index is 283. The van der Waals surface area contributed by atoms with Crippen LogP contribution in [0, 0.1) is 0 Å². The molecule has 0 fully saturated rings. The maximum absolute atomic E-state index is 9.63. The zero-order valence-corrected chi connectivity index (χ0v) is 10.2. The molecule has 0 spiro atoms. The van der Waals surface area contributed by atoms with Crippen LogP contribution in [0.4, 0.5) is 0 Å². The molecule has 1 nitrogen and oxygen atoms in total. The van der Waals surface area contributed by atoms with Crippen LogP contribution in [-0.2, 0) is 4.43 Å². The fourth-order valence-electron chi connectivity index (χ4n) is 1.30. The largest absolute Gasteiger partial charge is 0.508 e. The first kappa shape index (κ1) is 10.8. The summed E-state index contributed by atoms with van der Waals surface area (Å²) < 4.78 is 1.00. The molecular weight excluding hydrogens is 275 g/mol. The van der Waals surface area contributed by atoms with Crippen LogP contribution < -0.4 is 0 Å². The van der Waals surface area contributed by atoms with Gasteiger partial charge in [0.25, 0.3) is 0 Å². The summed E-state index contributed by atoms with van der Waals surface area (Å²) in [7, 11) is 0. The van der Waals surface area contributed by atoms with E-state index in [9.17, 15) is 5.11 Å². The predicted molar refractivity (Wildman–Crippen MR) is 64.5 cm³/mol. The molecule has 13 heavy (non-hydrogen) atoms. The van der Waals surface area contributed by atoms with Gasteiger partial charge in [0.05, 0.1) is 0 Å². The van der Waals surface area contributed by atoms with Gasteiger partial charge in [-0.05, 0) is 29.5 Å². The van der Waals surface area contributed by atoms with E-state index in [0.717, 1.165) is 16.4 Å². The van der Waals surface area contributed by atoms with Crippen molar-refractivity contribution in [2.45, 2.75) is 30.6 Å². The number of halogens is 1. The van der Waals surface area contributed by atoms with Crippen LogP contribution in [0.2, 0.25) is 0 Å². The van der Waals surface area contributed by atoms with E-state index in [0.29, 0.717) is 11.7 Å². The van der Waals surface area contributed by atoms with Crippen LogP contribution in [0.1, 0.15) is 37.3 Å². The molecule has 1 aromatic carbocycles. The summed E-state index contributed by atoms with van der Waals surface area (Å²) in [4.78, 5) is 0. The molecule has 0 saturated carbocycles. The molecule has 1 aromatic rings. The molecule has 2 heteroatoms. The Morgan fingerprint density at radius 1 is 1.46 bits per heavy atom. The van der Waals surface area contributed by atoms with Crippen molar-refractivity contribution >= 4 is 22.6 Å². The van der Waals surface area contributed by atoms with Crippen molar-refractivity contribution in [1.29, 1.82) is 0 Å². The lowest BCUT2D eigenvalue weighted by Crippen LogP contribution is -1.93. The minimum absolute atomic E-state index is 0.433. The maximum Gasteiger partial charge on any atom is 0.119 e. The van der Waals surface area contributed by atoms with Gasteiger partial charge in [-0.1, -0.05) is 48.6 Å². The van der Waals surface area contributed by atoms with Gasteiger partial charge in [0.1, 0.15) is 5.75 Å². The van der Waals surface area contributed by atoms with Gasteiger partial charge in [-0.2, -0.15) is 0 Å². The molecule has 1 rings (SSSR count). The summed E-state index contributed by atoms with van der Waals surface area (Å²) in [5.41, 5.74) is 2.37. The summed E-state index contributed by atoms with van der Waals surface area (Å²) in [5, 5.41) is 9.63. The van der Waals surface area contributed by atoms with E-state index in [4.69, 9.17) is 0 Å². The highest BCUT2D eigenvalue weighted by Crippen LogP contribution is 2.29. The van der Waals surface area contributed by atoms with Crippen molar-refractivity contribution < 1.29 is 5.11 Å². The first-order valence-electron chi connectivity index (χ1n) is 4.56. The number of hydrogen-bond acceptors (Lipinski definition) is 1. The predicted octanol–water partition coefficient (Wildman–Crippen LogP) is 3.84. The third kappa shape index (κ3) is 2.59. The summed E-state index contributed by atoms with van der Waals surface area (Å²) in [5.74, 6) is 0.880. The minimum Gasteiger partial charge on any atom is -0.508 e. The third-order valence-electron chi connectivity index (χ3n) is 2.39. The summed E-state index contributed by atoms with van der Waals surface area (Å²) in [6, 6.07) is 5.89. The Labute approximate surface area is 93.3 Å². The molecule has 0 heterocycles. The van der Waals surface area contributed by atoms with E-state index in [1.807, 2.05) is 6.07 Å². The molecule has 1 atom stereocenters. The summed E-state index contributed by atoms with van der Waals surface area (Å²) in [6.45, 7) is 4.28. The standard InChI is InChI=1S/C11H15IO/c1-3-8(2)10-6-9(7-12)4-5-11(10)13/h4-6,8,13H,3,7H2,1-2H3. The SMILES string of the molecule is CCC(C)c1cc(CI)ccc1O. The van der Waals surface area contributed by atoms with Crippen LogP contribution in [0.15, 0.2) is 18.2 Å². The van der Waals surface area contributed by atoms with Crippen LogP contribution in [0.3, 0.4) is 0 Å². The summed E-state index contributed by atoms with van der Waals surface area (Å²) >= 11 is 2.34. The highest BCUT2D eigenvalue weighted by atomic mass is 127. The van der Waals surface area contributed by atoms with Gasteiger partial charge in [-0.15, -0.1) is 0 Å². The van der Waals surface area contributed by atoms with Gasteiger partial charge in [0.2, 0.25) is 0 Å². The Morgan fingerprint density at radius 3 is 2.69 bits per heavy atom. The number of rotatable bonds is 3. The Morgan fingerprint density at radius 2 is 2.15 bits per heavy atom. The zero-order valence-electron chi connectivity index (χ0n) is 8.05. The molecule has 0 aliphatic carbocycles. The normalized spacial score (nSPS) is 12.8. The lowest BCUT2D eigenvalue weighted by atomic mass is 9.96. The van der Waals surface area contributed by atoms with E-state index < -0.39 is 0 Å². The monoisotopic (exact) mass is 290 g/mol. The van der Waals surface area contributed by atoms with Crippen molar-refractivity contribution in [3.05, 3.63) is 29.3 Å². The minimum atomic E-state index is 0.433. The molecule has 0 saturated heterocycles. The second kappa shape index (κ2) is 4.84. The number of hydrogen-bond donors (Lipinski definition) is 1. The van der Waals surface area contributed by atoms with Gasteiger partial charge in [0, 0.05) is 4.43 Å². The number of aromatic hydroxyl groups is 1. The van der Waals surface area contributed by atoms with Crippen LogP contribution >= 0.6 is 22.6 Å². The topological polar surface area (TPSA) is 20.2 Å². The van der Waals surface area contributed by atoms with Crippen LogP contribution in [0.25, 0.3) is 0 Å². The third-order valence-corrected chi connectivity index (χ3v) is 3.27. The van der Waals surface area contributed by atoms with E-state index in [2.05, 4.69) is 42.5 Å². The van der Waals surface area contributed by atoms with Crippen LogP contribution in [0.5, 0.6) is 5.75 Å². The number of phenolic OH excluding ortho intramolecular Hbond substituents is 1. The number of benzene rings is 1. The second-order valence-electron chi connectivity index (χ2n) is 3.34. The first-order chi connectivity index (χ1) is 6.19. The fraction of sp³-hybridized carbons (Fsp3) is 0.455. The van der Waals surface area contributed by atoms with Gasteiger partial charge in [-0.3, -0.25) is 0 Å². The molecule has 0 aliphatic rings. The fourth-order valence-corrected chi connectivity index (χ4v) is 1.78.